The Labute approximate surface area is 91.9 Å². The molecular weight excluding hydrogens is 188 g/mol. The van der Waals surface area contributed by atoms with Gasteiger partial charge in [-0.15, -0.1) is 10.2 Å². The van der Waals surface area contributed by atoms with Crippen LogP contribution in [0.4, 0.5) is 0 Å². The second-order valence-electron chi connectivity index (χ2n) is 4.36. The van der Waals surface area contributed by atoms with Gasteiger partial charge in [-0.05, 0) is 12.3 Å². The highest BCUT2D eigenvalue weighted by molar-refractivity contribution is 5.02. The van der Waals surface area contributed by atoms with Crippen LogP contribution in [-0.2, 0) is 13.1 Å². The van der Waals surface area contributed by atoms with Crippen molar-refractivity contribution in [3.63, 3.8) is 0 Å². The van der Waals surface area contributed by atoms with Gasteiger partial charge in [0, 0.05) is 12.5 Å². The van der Waals surface area contributed by atoms with E-state index in [0.29, 0.717) is 18.4 Å². The van der Waals surface area contributed by atoms with Crippen LogP contribution >= 0.6 is 0 Å². The van der Waals surface area contributed by atoms with E-state index in [9.17, 15) is 0 Å². The van der Waals surface area contributed by atoms with Crippen LogP contribution in [0, 0.1) is 5.92 Å². The van der Waals surface area contributed by atoms with E-state index in [1.54, 1.807) is 0 Å². The molecule has 0 bridgehead atoms. The summed E-state index contributed by atoms with van der Waals surface area (Å²) in [5.74, 6) is 2.99. The fraction of sp³-hybridized carbons (Fsp3) is 0.818. The second kappa shape index (κ2) is 5.26. The standard InChI is InChI=1S/C11H22N4/c1-5-6-15-10(7-12)13-14-11(15)9(4)8(2)3/h8-9H,5-7,12H2,1-4H3. The van der Waals surface area contributed by atoms with E-state index in [4.69, 9.17) is 5.73 Å². The van der Waals surface area contributed by atoms with Crippen molar-refractivity contribution in [2.24, 2.45) is 11.7 Å². The molecule has 0 radical (unpaired) electrons. The molecule has 0 spiro atoms. The zero-order chi connectivity index (χ0) is 11.4. The zero-order valence-electron chi connectivity index (χ0n) is 10.2. The highest BCUT2D eigenvalue weighted by Crippen LogP contribution is 2.22. The topological polar surface area (TPSA) is 56.7 Å². The lowest BCUT2D eigenvalue weighted by molar-refractivity contribution is 0.476. The summed E-state index contributed by atoms with van der Waals surface area (Å²) in [6.07, 6.45) is 1.09. The first-order valence-electron chi connectivity index (χ1n) is 5.73. The van der Waals surface area contributed by atoms with Crippen LogP contribution in [-0.4, -0.2) is 14.8 Å². The van der Waals surface area contributed by atoms with Crippen molar-refractivity contribution in [1.82, 2.24) is 14.8 Å². The Kier molecular flexibility index (Phi) is 4.27. The van der Waals surface area contributed by atoms with Crippen molar-refractivity contribution in [3.05, 3.63) is 11.6 Å². The molecule has 0 saturated carbocycles. The fourth-order valence-electron chi connectivity index (χ4n) is 1.60. The number of aromatic nitrogens is 3. The molecule has 4 heteroatoms. The molecule has 1 unspecified atom stereocenters. The highest BCUT2D eigenvalue weighted by Gasteiger charge is 2.18. The molecule has 0 aliphatic heterocycles. The Hall–Kier alpha value is -0.900. The Morgan fingerprint density at radius 2 is 1.93 bits per heavy atom. The van der Waals surface area contributed by atoms with Crippen LogP contribution in [0.3, 0.4) is 0 Å². The van der Waals surface area contributed by atoms with Crippen molar-refractivity contribution >= 4 is 0 Å². The third kappa shape index (κ3) is 2.56. The summed E-state index contributed by atoms with van der Waals surface area (Å²) in [6, 6.07) is 0. The van der Waals surface area contributed by atoms with Gasteiger partial charge in [0.15, 0.2) is 0 Å². The first-order valence-corrected chi connectivity index (χ1v) is 5.73. The number of rotatable bonds is 5. The molecule has 1 heterocycles. The largest absolute Gasteiger partial charge is 0.324 e. The van der Waals surface area contributed by atoms with Crippen LogP contribution in [0.25, 0.3) is 0 Å². The number of nitrogens with zero attached hydrogens (tertiary/aromatic N) is 3. The summed E-state index contributed by atoms with van der Waals surface area (Å²) in [7, 11) is 0. The minimum absolute atomic E-state index is 0.435. The summed E-state index contributed by atoms with van der Waals surface area (Å²) in [5.41, 5.74) is 5.65. The summed E-state index contributed by atoms with van der Waals surface area (Å²) >= 11 is 0. The molecule has 0 amide bonds. The van der Waals surface area contributed by atoms with Crippen molar-refractivity contribution in [1.29, 1.82) is 0 Å². The summed E-state index contributed by atoms with van der Waals surface area (Å²) in [6.45, 7) is 10.2. The van der Waals surface area contributed by atoms with Gasteiger partial charge >= 0.3 is 0 Å². The van der Waals surface area contributed by atoms with Crippen LogP contribution < -0.4 is 5.73 Å². The van der Waals surface area contributed by atoms with Crippen molar-refractivity contribution in [2.75, 3.05) is 0 Å². The van der Waals surface area contributed by atoms with E-state index in [2.05, 4.69) is 42.5 Å². The van der Waals surface area contributed by atoms with Gasteiger partial charge in [0.25, 0.3) is 0 Å². The second-order valence-corrected chi connectivity index (χ2v) is 4.36. The molecule has 1 aromatic heterocycles. The molecule has 86 valence electrons. The summed E-state index contributed by atoms with van der Waals surface area (Å²) in [4.78, 5) is 0. The van der Waals surface area contributed by atoms with E-state index >= 15 is 0 Å². The lowest BCUT2D eigenvalue weighted by Crippen LogP contribution is -2.15. The first-order chi connectivity index (χ1) is 7.11. The predicted octanol–water partition coefficient (Wildman–Crippen LogP) is 1.91. The quantitative estimate of drug-likeness (QED) is 0.807. The summed E-state index contributed by atoms with van der Waals surface area (Å²) in [5, 5.41) is 8.40. The van der Waals surface area contributed by atoms with Crippen LogP contribution in [0.2, 0.25) is 0 Å². The number of hydrogen-bond acceptors (Lipinski definition) is 3. The van der Waals surface area contributed by atoms with Gasteiger partial charge in [0.2, 0.25) is 0 Å². The monoisotopic (exact) mass is 210 g/mol. The Balaban J connectivity index is 3.01. The van der Waals surface area contributed by atoms with Gasteiger partial charge in [0.05, 0.1) is 6.54 Å². The maximum absolute atomic E-state index is 5.65. The summed E-state index contributed by atoms with van der Waals surface area (Å²) < 4.78 is 2.17. The predicted molar refractivity (Wildman–Crippen MR) is 61.5 cm³/mol. The lowest BCUT2D eigenvalue weighted by atomic mass is 9.97. The molecule has 0 aliphatic carbocycles. The fourth-order valence-corrected chi connectivity index (χ4v) is 1.60. The van der Waals surface area contributed by atoms with E-state index in [-0.39, 0.29) is 0 Å². The molecule has 2 N–H and O–H groups in total. The van der Waals surface area contributed by atoms with E-state index < -0.39 is 0 Å². The van der Waals surface area contributed by atoms with Crippen molar-refractivity contribution < 1.29 is 0 Å². The Morgan fingerprint density at radius 3 is 2.40 bits per heavy atom. The molecule has 1 aromatic rings. The Morgan fingerprint density at radius 1 is 1.27 bits per heavy atom. The maximum Gasteiger partial charge on any atom is 0.146 e. The van der Waals surface area contributed by atoms with Gasteiger partial charge in [-0.25, -0.2) is 0 Å². The van der Waals surface area contributed by atoms with Gasteiger partial charge in [-0.1, -0.05) is 27.7 Å². The first kappa shape index (κ1) is 12.2. The number of hydrogen-bond donors (Lipinski definition) is 1. The molecule has 1 atom stereocenters. The Bertz CT molecular complexity index is 304. The van der Waals surface area contributed by atoms with Gasteiger partial charge in [-0.3, -0.25) is 0 Å². The van der Waals surface area contributed by atoms with Crippen LogP contribution in [0.1, 0.15) is 51.7 Å². The average molecular weight is 210 g/mol. The van der Waals surface area contributed by atoms with Crippen molar-refractivity contribution in [3.8, 4) is 0 Å². The minimum Gasteiger partial charge on any atom is -0.324 e. The van der Waals surface area contributed by atoms with E-state index in [1.807, 2.05) is 0 Å². The molecule has 0 aromatic carbocycles. The van der Waals surface area contributed by atoms with Gasteiger partial charge in [0.1, 0.15) is 11.6 Å². The lowest BCUT2D eigenvalue weighted by Gasteiger charge is -2.16. The van der Waals surface area contributed by atoms with Crippen LogP contribution in [0.5, 0.6) is 0 Å². The minimum atomic E-state index is 0.435. The third-order valence-electron chi connectivity index (χ3n) is 2.89. The van der Waals surface area contributed by atoms with Crippen LogP contribution in [0.15, 0.2) is 0 Å². The molecule has 0 saturated heterocycles. The van der Waals surface area contributed by atoms with Gasteiger partial charge < -0.3 is 10.3 Å². The molecule has 0 aliphatic rings. The van der Waals surface area contributed by atoms with Gasteiger partial charge in [-0.2, -0.15) is 0 Å². The average Bonchev–Trinajstić information content (AvgIpc) is 2.60. The molecule has 1 rings (SSSR count). The third-order valence-corrected chi connectivity index (χ3v) is 2.89. The van der Waals surface area contributed by atoms with E-state index in [1.165, 1.54) is 0 Å². The normalized spacial score (nSPS) is 13.5. The zero-order valence-corrected chi connectivity index (χ0v) is 10.2. The highest BCUT2D eigenvalue weighted by atomic mass is 15.3. The SMILES string of the molecule is CCCn1c(CN)nnc1C(C)C(C)C. The number of nitrogens with two attached hydrogens (primary N) is 1. The molecular formula is C11H22N4. The molecule has 0 fully saturated rings. The molecule has 4 nitrogen and oxygen atoms in total. The van der Waals surface area contributed by atoms with Crippen molar-refractivity contribution in [2.45, 2.75) is 53.1 Å². The smallest absolute Gasteiger partial charge is 0.146 e. The van der Waals surface area contributed by atoms with E-state index in [0.717, 1.165) is 24.6 Å². The molecule has 15 heavy (non-hydrogen) atoms. The maximum atomic E-state index is 5.65.